The minimum absolute atomic E-state index is 0.0102. The van der Waals surface area contributed by atoms with E-state index in [9.17, 15) is 0 Å². The Morgan fingerprint density at radius 2 is 0.887 bits per heavy atom. The Kier molecular flexibility index (Phi) is 25.9. The lowest BCUT2D eigenvalue weighted by molar-refractivity contribution is -2.00. The Bertz CT molecular complexity index is 1600. The van der Waals surface area contributed by atoms with E-state index >= 15 is 0 Å². The van der Waals surface area contributed by atoms with E-state index in [1.54, 1.807) is 0 Å². The van der Waals surface area contributed by atoms with Gasteiger partial charge in [0.15, 0.2) is 5.71 Å². The van der Waals surface area contributed by atoms with Crippen LogP contribution in [-0.4, -0.2) is 23.4 Å². The molecule has 0 amide bonds. The number of halogens is 1. The highest BCUT2D eigenvalue weighted by atomic mass is 35.7. The normalized spacial score (nSPS) is 16.0. The number of nitrogens with zero attached hydrogens (tertiary/aromatic N) is 2. The maximum atomic E-state index is 8.49. The van der Waals surface area contributed by atoms with Crippen molar-refractivity contribution in [3.63, 3.8) is 0 Å². The van der Waals surface area contributed by atoms with Gasteiger partial charge >= 0.3 is 0 Å². The topological polar surface area (TPSA) is 98.5 Å². The molecule has 0 fully saturated rings. The molecule has 4 rings (SSSR count). The number of benzene rings is 2. The summed E-state index contributed by atoms with van der Waals surface area (Å²) >= 11 is 0. The molecule has 0 spiro atoms. The van der Waals surface area contributed by atoms with Gasteiger partial charge in [-0.1, -0.05) is 231 Å². The van der Waals surface area contributed by atoms with Crippen LogP contribution in [0.5, 0.6) is 0 Å². The summed E-state index contributed by atoms with van der Waals surface area (Å²) in [6.45, 7) is 16.6. The van der Waals surface area contributed by atoms with E-state index in [2.05, 4.69) is 118 Å². The lowest BCUT2D eigenvalue weighted by atomic mass is 9.81. The third-order valence-corrected chi connectivity index (χ3v) is 13.6. The zero-order valence-corrected chi connectivity index (χ0v) is 41.2. The van der Waals surface area contributed by atoms with Crippen LogP contribution in [-0.2, 0) is 10.8 Å². The van der Waals surface area contributed by atoms with E-state index in [0.29, 0.717) is 0 Å². The zero-order valence-electron chi connectivity index (χ0n) is 40.5. The van der Waals surface area contributed by atoms with Crippen molar-refractivity contribution in [2.45, 2.75) is 232 Å². The van der Waals surface area contributed by atoms with Crippen LogP contribution in [0.25, 0.3) is 0 Å². The molecule has 0 aromatic heterocycles. The van der Waals surface area contributed by atoms with E-state index < -0.39 is 10.2 Å². The van der Waals surface area contributed by atoms with Crippen LogP contribution in [0.2, 0.25) is 0 Å². The minimum Gasteiger partial charge on any atom is -0.344 e. The number of allylic oxidation sites excluding steroid dienone is 4. The fraction of sp³-hybridized carbons (Fsp3) is 0.691. The first kappa shape index (κ1) is 53.9. The third-order valence-electron chi connectivity index (χ3n) is 13.6. The van der Waals surface area contributed by atoms with Crippen LogP contribution in [0.3, 0.4) is 0 Å². The smallest absolute Gasteiger partial charge is 0.209 e. The standard InChI is InChI=1S/C55H89N2.ClHO4/c1-7-9-11-13-15-17-19-21-23-25-27-29-31-37-46-56-50-42-35-33-40-48(50)54(3,4)52(56)44-39-45-53-55(5,6)49-41-34-36-43-51(49)57(53)47-38-32-30-28-26-24-22-20-18-16-14-12-10-8-2;2-1(3,4)5/h33-36,39-45H,7-32,37-38,46-47H2,1-6H3;(H,2,3,4,5)/q+1;/p-1. The molecule has 0 aliphatic carbocycles. The molecular weight excluding hydrogens is 788 g/mol. The average molecular weight is 878 g/mol. The average Bonchev–Trinajstić information content (AvgIpc) is 3.58. The Balaban J connectivity index is 0.00000193. The molecule has 2 aliphatic heterocycles. The van der Waals surface area contributed by atoms with Crippen molar-refractivity contribution in [3.05, 3.63) is 83.6 Å². The molecular formula is C55H89ClN2O4. The Labute approximate surface area is 382 Å². The Hall–Kier alpha value is -2.48. The van der Waals surface area contributed by atoms with E-state index in [0.717, 1.165) is 13.1 Å². The summed E-state index contributed by atoms with van der Waals surface area (Å²) in [6, 6.07) is 18.4. The molecule has 0 saturated heterocycles. The van der Waals surface area contributed by atoms with Gasteiger partial charge in [-0.25, -0.2) is 18.6 Å². The van der Waals surface area contributed by atoms with Crippen molar-refractivity contribution in [1.82, 2.24) is 0 Å². The number of hydrogen-bond acceptors (Lipinski definition) is 5. The van der Waals surface area contributed by atoms with Crippen molar-refractivity contribution < 1.29 is 33.5 Å². The molecule has 0 N–H and O–H groups in total. The van der Waals surface area contributed by atoms with Crippen molar-refractivity contribution in [1.29, 1.82) is 0 Å². The summed E-state index contributed by atoms with van der Waals surface area (Å²) in [5.41, 5.74) is 8.64. The second-order valence-corrected chi connectivity index (χ2v) is 20.2. The van der Waals surface area contributed by atoms with Gasteiger partial charge in [-0.3, -0.25) is 0 Å². The highest BCUT2D eigenvalue weighted by Crippen LogP contribution is 2.48. The molecule has 2 aliphatic rings. The molecule has 350 valence electrons. The number of fused-ring (bicyclic) bond motifs is 2. The van der Waals surface area contributed by atoms with Gasteiger partial charge in [0.05, 0.1) is 5.41 Å². The number of unbranched alkanes of at least 4 members (excludes halogenated alkanes) is 26. The summed E-state index contributed by atoms with van der Waals surface area (Å²) in [6.07, 6.45) is 46.6. The van der Waals surface area contributed by atoms with Gasteiger partial charge in [-0.15, -0.1) is 10.2 Å². The first-order valence-electron chi connectivity index (χ1n) is 25.5. The summed E-state index contributed by atoms with van der Waals surface area (Å²) < 4.78 is 36.6. The third kappa shape index (κ3) is 19.3. The molecule has 2 heterocycles. The molecule has 0 unspecified atom stereocenters. The van der Waals surface area contributed by atoms with Gasteiger partial charge < -0.3 is 4.90 Å². The lowest BCUT2D eigenvalue weighted by Crippen LogP contribution is -2.68. The summed E-state index contributed by atoms with van der Waals surface area (Å²) in [5, 5.41) is 0. The van der Waals surface area contributed by atoms with Gasteiger partial charge in [-0.2, -0.15) is 4.58 Å². The van der Waals surface area contributed by atoms with E-state index in [1.807, 2.05) is 0 Å². The zero-order chi connectivity index (χ0) is 45.1. The highest BCUT2D eigenvalue weighted by Gasteiger charge is 2.44. The Morgan fingerprint density at radius 3 is 1.35 bits per heavy atom. The van der Waals surface area contributed by atoms with Crippen molar-refractivity contribution in [2.24, 2.45) is 0 Å². The Morgan fingerprint density at radius 1 is 0.500 bits per heavy atom. The summed E-state index contributed by atoms with van der Waals surface area (Å²) in [7, 11) is -4.94. The SMILES string of the molecule is CCCCCCCCCCCCCCCCN1/C(=C\C=C\C2=[N+](CCCCCCCCCCCCCCCC)c3ccccc3C2(C)C)C(C)(C)c2ccccc21.[O-][Cl+3]([O-])([O-])[O-]. The van der Waals surface area contributed by atoms with Crippen LogP contribution in [0.4, 0.5) is 11.4 Å². The molecule has 2 aromatic carbocycles. The lowest BCUT2D eigenvalue weighted by Gasteiger charge is -2.27. The molecule has 0 bridgehead atoms. The number of hydrogen-bond donors (Lipinski definition) is 0. The summed E-state index contributed by atoms with van der Waals surface area (Å²) in [5.74, 6) is 0. The first-order valence-corrected chi connectivity index (χ1v) is 26.7. The molecule has 62 heavy (non-hydrogen) atoms. The van der Waals surface area contributed by atoms with Crippen LogP contribution in [0, 0.1) is 10.2 Å². The van der Waals surface area contributed by atoms with Gasteiger partial charge in [0.2, 0.25) is 5.69 Å². The predicted octanol–water partition coefficient (Wildman–Crippen LogP) is 12.5. The molecule has 0 radical (unpaired) electrons. The van der Waals surface area contributed by atoms with E-state index in [4.69, 9.17) is 18.6 Å². The van der Waals surface area contributed by atoms with Gasteiger partial charge in [-0.05, 0) is 44.4 Å². The van der Waals surface area contributed by atoms with Gasteiger partial charge in [0, 0.05) is 47.5 Å². The quantitative estimate of drug-likeness (QED) is 0.0538. The van der Waals surface area contributed by atoms with Crippen LogP contribution in [0.1, 0.15) is 232 Å². The molecule has 6 nitrogen and oxygen atoms in total. The first-order chi connectivity index (χ1) is 29.8. The number of anilines is 1. The van der Waals surface area contributed by atoms with Crippen molar-refractivity contribution >= 4 is 17.1 Å². The summed E-state index contributed by atoms with van der Waals surface area (Å²) in [4.78, 5) is 2.66. The van der Waals surface area contributed by atoms with Crippen LogP contribution < -0.4 is 23.5 Å². The van der Waals surface area contributed by atoms with E-state index in [1.165, 1.54) is 214 Å². The second kappa shape index (κ2) is 29.9. The van der Waals surface area contributed by atoms with Crippen LogP contribution >= 0.6 is 0 Å². The van der Waals surface area contributed by atoms with Crippen molar-refractivity contribution in [3.8, 4) is 0 Å². The second-order valence-electron chi connectivity index (χ2n) is 19.5. The molecule has 0 saturated carbocycles. The number of para-hydroxylation sites is 2. The fourth-order valence-electron chi connectivity index (χ4n) is 9.92. The predicted molar refractivity (Wildman–Crippen MR) is 254 cm³/mol. The molecule has 7 heteroatoms. The monoisotopic (exact) mass is 877 g/mol. The fourth-order valence-corrected chi connectivity index (χ4v) is 9.92. The van der Waals surface area contributed by atoms with Gasteiger partial charge in [0.25, 0.3) is 0 Å². The minimum atomic E-state index is -4.94. The maximum Gasteiger partial charge on any atom is 0.209 e. The highest BCUT2D eigenvalue weighted by molar-refractivity contribution is 6.03. The molecule has 0 atom stereocenters. The van der Waals surface area contributed by atoms with Crippen molar-refractivity contribution in [2.75, 3.05) is 18.0 Å². The molecule has 2 aromatic rings. The van der Waals surface area contributed by atoms with Gasteiger partial charge in [0.1, 0.15) is 6.54 Å². The largest absolute Gasteiger partial charge is 0.344 e. The maximum absolute atomic E-state index is 8.49. The van der Waals surface area contributed by atoms with Crippen LogP contribution in [0.15, 0.2) is 72.5 Å². The van der Waals surface area contributed by atoms with E-state index in [-0.39, 0.29) is 10.8 Å². The number of rotatable bonds is 32.